The summed E-state index contributed by atoms with van der Waals surface area (Å²) in [4.78, 5) is 27.8. The Kier molecular flexibility index (Phi) is 5.82. The number of sulfonamides is 1. The summed E-state index contributed by atoms with van der Waals surface area (Å²) in [7, 11) is -3.71. The Labute approximate surface area is 182 Å². The third kappa shape index (κ3) is 4.08. The molecule has 11 heteroatoms. The van der Waals surface area contributed by atoms with Crippen molar-refractivity contribution in [1.82, 2.24) is 9.21 Å². The lowest BCUT2D eigenvalue weighted by Crippen LogP contribution is -2.53. The summed E-state index contributed by atoms with van der Waals surface area (Å²) >= 11 is 5.82. The average Bonchev–Trinajstić information content (AvgIpc) is 3.03. The number of hydrogen-bond donors (Lipinski definition) is 0. The summed E-state index contributed by atoms with van der Waals surface area (Å²) in [6.07, 6.45) is -0.153. The van der Waals surface area contributed by atoms with Crippen LogP contribution in [0.4, 0.5) is 14.5 Å². The lowest BCUT2D eigenvalue weighted by atomic mass is 10.2. The standard InChI is InChI=1S/C20H18ClF2N3O4S/c21-13-1-4-15(5-2-13)31(29,30)25-9-7-24(8-10-25)18-12-19(27)26(20(18)28)17-6-3-14(22)11-16(17)23/h1-6,11,18H,7-10,12H2/t18-/m0/s1. The first-order valence-electron chi connectivity index (χ1n) is 9.50. The summed E-state index contributed by atoms with van der Waals surface area (Å²) < 4.78 is 54.2. The number of hydrogen-bond acceptors (Lipinski definition) is 5. The summed E-state index contributed by atoms with van der Waals surface area (Å²) in [5.74, 6) is -3.00. The number of carbonyl (C=O) groups is 2. The SMILES string of the molecule is O=C1C[C@H](N2CCN(S(=O)(=O)c3ccc(Cl)cc3)CC2)C(=O)N1c1ccc(F)cc1F. The predicted octanol–water partition coefficient (Wildman–Crippen LogP) is 2.26. The molecule has 0 N–H and O–H groups in total. The van der Waals surface area contributed by atoms with E-state index in [2.05, 4.69) is 0 Å². The van der Waals surface area contributed by atoms with Gasteiger partial charge < -0.3 is 0 Å². The van der Waals surface area contributed by atoms with Gasteiger partial charge in [0.1, 0.15) is 11.6 Å². The first-order chi connectivity index (χ1) is 14.7. The summed E-state index contributed by atoms with van der Waals surface area (Å²) in [6, 6.07) is 7.68. The Morgan fingerprint density at radius 3 is 2.19 bits per heavy atom. The first-order valence-corrected chi connectivity index (χ1v) is 11.3. The van der Waals surface area contributed by atoms with Crippen LogP contribution in [0.25, 0.3) is 0 Å². The van der Waals surface area contributed by atoms with Gasteiger partial charge in [0.2, 0.25) is 15.9 Å². The van der Waals surface area contributed by atoms with Crippen LogP contribution in [0.3, 0.4) is 0 Å². The number of halogens is 3. The molecule has 2 fully saturated rings. The van der Waals surface area contributed by atoms with Gasteiger partial charge in [-0.1, -0.05) is 11.6 Å². The van der Waals surface area contributed by atoms with Crippen molar-refractivity contribution in [3.8, 4) is 0 Å². The molecule has 1 atom stereocenters. The smallest absolute Gasteiger partial charge is 0.251 e. The molecule has 0 spiro atoms. The van der Waals surface area contributed by atoms with Crippen LogP contribution in [0.1, 0.15) is 6.42 Å². The second-order valence-corrected chi connectivity index (χ2v) is 9.65. The molecule has 2 aliphatic rings. The van der Waals surface area contributed by atoms with Crippen LogP contribution in [0.5, 0.6) is 0 Å². The maximum atomic E-state index is 14.1. The second kappa shape index (κ2) is 8.27. The molecule has 2 amide bonds. The number of amides is 2. The minimum absolute atomic E-state index is 0.121. The van der Waals surface area contributed by atoms with E-state index < -0.39 is 39.5 Å². The van der Waals surface area contributed by atoms with E-state index in [4.69, 9.17) is 11.6 Å². The molecule has 7 nitrogen and oxygen atoms in total. The highest BCUT2D eigenvalue weighted by Gasteiger charge is 2.45. The fourth-order valence-corrected chi connectivity index (χ4v) is 5.38. The molecular formula is C20H18ClF2N3O4S. The minimum atomic E-state index is -3.71. The summed E-state index contributed by atoms with van der Waals surface area (Å²) in [6.45, 7) is 0.730. The van der Waals surface area contributed by atoms with Gasteiger partial charge in [0.05, 0.1) is 23.0 Å². The molecule has 31 heavy (non-hydrogen) atoms. The van der Waals surface area contributed by atoms with Crippen molar-refractivity contribution in [3.05, 3.63) is 59.1 Å². The molecule has 0 aromatic heterocycles. The van der Waals surface area contributed by atoms with Crippen LogP contribution < -0.4 is 4.90 Å². The first kappa shape index (κ1) is 21.8. The van der Waals surface area contributed by atoms with E-state index >= 15 is 0 Å². The van der Waals surface area contributed by atoms with Crippen LogP contribution in [0.15, 0.2) is 47.4 Å². The highest BCUT2D eigenvalue weighted by molar-refractivity contribution is 7.89. The fourth-order valence-electron chi connectivity index (χ4n) is 3.83. The number of benzene rings is 2. The predicted molar refractivity (Wildman–Crippen MR) is 109 cm³/mol. The molecule has 4 rings (SSSR count). The number of piperazine rings is 1. The van der Waals surface area contributed by atoms with Gasteiger partial charge in [0.15, 0.2) is 0 Å². The Hall–Kier alpha value is -2.40. The maximum Gasteiger partial charge on any atom is 0.251 e. The van der Waals surface area contributed by atoms with Gasteiger partial charge in [-0.05, 0) is 36.4 Å². The van der Waals surface area contributed by atoms with E-state index in [0.717, 1.165) is 17.0 Å². The lowest BCUT2D eigenvalue weighted by Gasteiger charge is -2.36. The molecule has 0 bridgehead atoms. The maximum absolute atomic E-state index is 14.1. The van der Waals surface area contributed by atoms with Gasteiger partial charge in [-0.3, -0.25) is 14.5 Å². The topological polar surface area (TPSA) is 78.0 Å². The van der Waals surface area contributed by atoms with Crippen LogP contribution in [-0.4, -0.2) is 61.7 Å². The van der Waals surface area contributed by atoms with Crippen LogP contribution >= 0.6 is 11.6 Å². The zero-order valence-electron chi connectivity index (χ0n) is 16.2. The minimum Gasteiger partial charge on any atom is -0.289 e. The molecule has 2 aromatic rings. The Bertz CT molecular complexity index is 1140. The second-order valence-electron chi connectivity index (χ2n) is 7.28. The molecule has 2 aromatic carbocycles. The summed E-state index contributed by atoms with van der Waals surface area (Å²) in [5.41, 5.74) is -0.289. The van der Waals surface area contributed by atoms with E-state index in [9.17, 15) is 26.8 Å². The Balaban J connectivity index is 1.46. The van der Waals surface area contributed by atoms with Crippen molar-refractivity contribution in [2.45, 2.75) is 17.4 Å². The molecule has 0 radical (unpaired) electrons. The highest BCUT2D eigenvalue weighted by Crippen LogP contribution is 2.29. The van der Waals surface area contributed by atoms with Gasteiger partial charge in [0.25, 0.3) is 5.91 Å². The normalized spacial score (nSPS) is 21.1. The van der Waals surface area contributed by atoms with Gasteiger partial charge in [-0.2, -0.15) is 4.31 Å². The Morgan fingerprint density at radius 1 is 0.935 bits per heavy atom. The van der Waals surface area contributed by atoms with Crippen molar-refractivity contribution < 1.29 is 26.8 Å². The number of rotatable bonds is 4. The van der Waals surface area contributed by atoms with Crippen LogP contribution in [-0.2, 0) is 19.6 Å². The summed E-state index contributed by atoms with van der Waals surface area (Å²) in [5, 5.41) is 0.426. The van der Waals surface area contributed by atoms with E-state index in [1.165, 1.54) is 28.6 Å². The largest absolute Gasteiger partial charge is 0.289 e. The number of carbonyl (C=O) groups excluding carboxylic acids is 2. The highest BCUT2D eigenvalue weighted by atomic mass is 35.5. The fraction of sp³-hybridized carbons (Fsp3) is 0.300. The van der Waals surface area contributed by atoms with Crippen LogP contribution in [0, 0.1) is 11.6 Å². The average molecular weight is 470 g/mol. The van der Waals surface area contributed by atoms with Gasteiger partial charge in [-0.25, -0.2) is 22.1 Å². The quantitative estimate of drug-likeness (QED) is 0.642. The van der Waals surface area contributed by atoms with Crippen LogP contribution in [0.2, 0.25) is 5.02 Å². The van der Waals surface area contributed by atoms with Crippen molar-refractivity contribution >= 4 is 39.1 Å². The zero-order valence-corrected chi connectivity index (χ0v) is 17.7. The van der Waals surface area contributed by atoms with E-state index in [1.807, 2.05) is 0 Å². The molecule has 2 heterocycles. The molecular weight excluding hydrogens is 452 g/mol. The molecule has 0 saturated carbocycles. The van der Waals surface area contributed by atoms with Gasteiger partial charge in [-0.15, -0.1) is 0 Å². The monoisotopic (exact) mass is 469 g/mol. The zero-order chi connectivity index (χ0) is 22.3. The van der Waals surface area contributed by atoms with Gasteiger partial charge >= 0.3 is 0 Å². The van der Waals surface area contributed by atoms with Crippen molar-refractivity contribution in [3.63, 3.8) is 0 Å². The molecule has 0 aliphatic carbocycles. The molecule has 2 aliphatic heterocycles. The van der Waals surface area contributed by atoms with Crippen molar-refractivity contribution in [1.29, 1.82) is 0 Å². The lowest BCUT2D eigenvalue weighted by molar-refractivity contribution is -0.123. The third-order valence-corrected chi connectivity index (χ3v) is 7.60. The number of imide groups is 1. The van der Waals surface area contributed by atoms with E-state index in [0.29, 0.717) is 11.1 Å². The molecule has 2 saturated heterocycles. The van der Waals surface area contributed by atoms with Crippen molar-refractivity contribution in [2.24, 2.45) is 0 Å². The molecule has 0 unspecified atom stereocenters. The molecule has 164 valence electrons. The van der Waals surface area contributed by atoms with Gasteiger partial charge in [0, 0.05) is 37.3 Å². The van der Waals surface area contributed by atoms with E-state index in [1.54, 1.807) is 4.90 Å². The van der Waals surface area contributed by atoms with Crippen molar-refractivity contribution in [2.75, 3.05) is 31.1 Å². The van der Waals surface area contributed by atoms with E-state index in [-0.39, 0.29) is 43.2 Å². The third-order valence-electron chi connectivity index (χ3n) is 5.44. The Morgan fingerprint density at radius 2 is 1.58 bits per heavy atom. The number of anilines is 1. The number of nitrogens with zero attached hydrogens (tertiary/aromatic N) is 3.